The number of hydrogen-bond donors (Lipinski definition) is 0. The first-order valence-electron chi connectivity index (χ1n) is 5.58. The van der Waals surface area contributed by atoms with Gasteiger partial charge in [0, 0.05) is 21.6 Å². The molecule has 1 nitrogen and oxygen atoms in total. The van der Waals surface area contributed by atoms with E-state index in [-0.39, 0.29) is 5.41 Å². The van der Waals surface area contributed by atoms with Crippen molar-refractivity contribution in [1.29, 1.82) is 0 Å². The quantitative estimate of drug-likeness (QED) is 0.429. The standard InChI is InChI=1S/C12H22INS/c1-4-12(2,10-15-3)9-14-7-5-11(13)6-8-14/h4,11H,1,5-10H2,2-3H3. The number of nitrogens with zero attached hydrogens (tertiary/aromatic N) is 1. The third kappa shape index (κ3) is 4.65. The van der Waals surface area contributed by atoms with Crippen molar-refractivity contribution in [2.24, 2.45) is 5.41 Å². The second kappa shape index (κ2) is 6.50. The van der Waals surface area contributed by atoms with E-state index >= 15 is 0 Å². The third-order valence-corrected chi connectivity index (χ3v) is 5.26. The molecule has 0 spiro atoms. The van der Waals surface area contributed by atoms with E-state index in [1.54, 1.807) is 0 Å². The SMILES string of the molecule is C=CC(C)(CSC)CN1CCC(I)CC1. The van der Waals surface area contributed by atoms with E-state index in [0.29, 0.717) is 0 Å². The maximum absolute atomic E-state index is 3.99. The van der Waals surface area contributed by atoms with Gasteiger partial charge in [-0.15, -0.1) is 6.58 Å². The molecule has 0 N–H and O–H groups in total. The van der Waals surface area contributed by atoms with Gasteiger partial charge < -0.3 is 4.90 Å². The zero-order valence-corrected chi connectivity index (χ0v) is 12.8. The van der Waals surface area contributed by atoms with Gasteiger partial charge in [-0.3, -0.25) is 0 Å². The summed E-state index contributed by atoms with van der Waals surface area (Å²) >= 11 is 4.50. The summed E-state index contributed by atoms with van der Waals surface area (Å²) < 4.78 is 0.898. The largest absolute Gasteiger partial charge is 0.302 e. The fraction of sp³-hybridized carbons (Fsp3) is 0.833. The maximum atomic E-state index is 3.99. The van der Waals surface area contributed by atoms with Gasteiger partial charge in [0.2, 0.25) is 0 Å². The molecule has 1 aliphatic heterocycles. The van der Waals surface area contributed by atoms with Crippen molar-refractivity contribution in [3.8, 4) is 0 Å². The first-order chi connectivity index (χ1) is 7.09. The van der Waals surface area contributed by atoms with Crippen molar-refractivity contribution in [3.05, 3.63) is 12.7 Å². The fourth-order valence-electron chi connectivity index (χ4n) is 2.07. The number of thioether (sulfide) groups is 1. The highest BCUT2D eigenvalue weighted by Crippen LogP contribution is 2.26. The van der Waals surface area contributed by atoms with E-state index in [0.717, 1.165) is 3.92 Å². The van der Waals surface area contributed by atoms with Crippen molar-refractivity contribution < 1.29 is 0 Å². The molecule has 15 heavy (non-hydrogen) atoms. The van der Waals surface area contributed by atoms with E-state index in [2.05, 4.69) is 53.3 Å². The second-order valence-electron chi connectivity index (χ2n) is 4.74. The van der Waals surface area contributed by atoms with Crippen molar-refractivity contribution in [2.45, 2.75) is 23.7 Å². The smallest absolute Gasteiger partial charge is 0.0134 e. The molecule has 0 aromatic carbocycles. The summed E-state index contributed by atoms with van der Waals surface area (Å²) in [6.07, 6.45) is 7.03. The van der Waals surface area contributed by atoms with Gasteiger partial charge in [-0.25, -0.2) is 0 Å². The van der Waals surface area contributed by atoms with Gasteiger partial charge in [-0.2, -0.15) is 11.8 Å². The molecule has 3 heteroatoms. The highest BCUT2D eigenvalue weighted by atomic mass is 127. The summed E-state index contributed by atoms with van der Waals surface area (Å²) in [6, 6.07) is 0. The summed E-state index contributed by atoms with van der Waals surface area (Å²) in [5.41, 5.74) is 0.289. The van der Waals surface area contributed by atoms with Crippen LogP contribution in [0.2, 0.25) is 0 Å². The van der Waals surface area contributed by atoms with Gasteiger partial charge in [-0.05, 0) is 32.2 Å². The lowest BCUT2D eigenvalue weighted by Crippen LogP contribution is -2.41. The number of piperidine rings is 1. The number of rotatable bonds is 5. The van der Waals surface area contributed by atoms with E-state index < -0.39 is 0 Å². The van der Waals surface area contributed by atoms with Crippen molar-refractivity contribution in [1.82, 2.24) is 4.90 Å². The summed E-state index contributed by atoms with van der Waals surface area (Å²) in [6.45, 7) is 10.0. The highest BCUT2D eigenvalue weighted by Gasteiger charge is 2.25. The van der Waals surface area contributed by atoms with Crippen molar-refractivity contribution in [3.63, 3.8) is 0 Å². The first kappa shape index (κ1) is 13.8. The molecule has 0 bridgehead atoms. The Balaban J connectivity index is 2.41. The third-order valence-electron chi connectivity index (χ3n) is 3.07. The molecule has 0 aromatic rings. The minimum absolute atomic E-state index is 0.289. The predicted octanol–water partition coefficient (Wildman–Crippen LogP) is 3.44. The van der Waals surface area contributed by atoms with Crippen molar-refractivity contribution in [2.75, 3.05) is 31.6 Å². The minimum atomic E-state index is 0.289. The monoisotopic (exact) mass is 339 g/mol. The summed E-state index contributed by atoms with van der Waals surface area (Å²) in [5.74, 6) is 1.18. The van der Waals surface area contributed by atoms with E-state index in [1.165, 1.54) is 38.2 Å². The predicted molar refractivity (Wildman–Crippen MR) is 80.2 cm³/mol. The zero-order chi connectivity index (χ0) is 11.3. The van der Waals surface area contributed by atoms with Gasteiger partial charge in [0.1, 0.15) is 0 Å². The minimum Gasteiger partial charge on any atom is -0.302 e. The van der Waals surface area contributed by atoms with Crippen LogP contribution in [0.15, 0.2) is 12.7 Å². The summed E-state index contributed by atoms with van der Waals surface area (Å²) in [7, 11) is 0. The molecule has 1 saturated heterocycles. The molecule has 1 rings (SSSR count). The molecular weight excluding hydrogens is 317 g/mol. The lowest BCUT2D eigenvalue weighted by Gasteiger charge is -2.36. The van der Waals surface area contributed by atoms with Crippen LogP contribution in [0, 0.1) is 5.41 Å². The lowest BCUT2D eigenvalue weighted by molar-refractivity contribution is 0.186. The molecule has 1 fully saturated rings. The molecule has 1 unspecified atom stereocenters. The molecule has 1 atom stereocenters. The van der Waals surface area contributed by atoms with E-state index in [4.69, 9.17) is 0 Å². The van der Waals surface area contributed by atoms with Crippen LogP contribution >= 0.6 is 34.4 Å². The van der Waals surface area contributed by atoms with Crippen LogP contribution in [-0.2, 0) is 0 Å². The molecule has 1 heterocycles. The molecule has 0 radical (unpaired) electrons. The van der Waals surface area contributed by atoms with Crippen LogP contribution in [0.3, 0.4) is 0 Å². The normalized spacial score (nSPS) is 23.7. The Morgan fingerprint density at radius 2 is 2.13 bits per heavy atom. The summed E-state index contributed by atoms with van der Waals surface area (Å²) in [5, 5.41) is 0. The molecule has 0 aliphatic carbocycles. The van der Waals surface area contributed by atoms with Crippen LogP contribution in [0.5, 0.6) is 0 Å². The maximum Gasteiger partial charge on any atom is 0.0134 e. The van der Waals surface area contributed by atoms with Crippen LogP contribution in [0.1, 0.15) is 19.8 Å². The second-order valence-corrected chi connectivity index (χ2v) is 7.37. The molecule has 0 amide bonds. The van der Waals surface area contributed by atoms with Gasteiger partial charge in [0.25, 0.3) is 0 Å². The Kier molecular flexibility index (Phi) is 6.00. The number of hydrogen-bond acceptors (Lipinski definition) is 2. The van der Waals surface area contributed by atoms with E-state index in [9.17, 15) is 0 Å². The molecule has 0 saturated carbocycles. The molecule has 88 valence electrons. The van der Waals surface area contributed by atoms with Gasteiger partial charge in [0.15, 0.2) is 0 Å². The van der Waals surface area contributed by atoms with Gasteiger partial charge in [-0.1, -0.05) is 35.6 Å². The zero-order valence-electron chi connectivity index (χ0n) is 9.84. The van der Waals surface area contributed by atoms with Crippen LogP contribution in [-0.4, -0.2) is 40.5 Å². The topological polar surface area (TPSA) is 3.24 Å². The van der Waals surface area contributed by atoms with E-state index in [1.807, 2.05) is 11.8 Å². The lowest BCUT2D eigenvalue weighted by atomic mass is 9.92. The summed E-state index contributed by atoms with van der Waals surface area (Å²) in [4.78, 5) is 2.60. The average molecular weight is 339 g/mol. The van der Waals surface area contributed by atoms with Crippen LogP contribution < -0.4 is 0 Å². The van der Waals surface area contributed by atoms with Gasteiger partial charge in [0.05, 0.1) is 0 Å². The first-order valence-corrected chi connectivity index (χ1v) is 8.22. The van der Waals surface area contributed by atoms with Crippen LogP contribution in [0.4, 0.5) is 0 Å². The van der Waals surface area contributed by atoms with Crippen LogP contribution in [0.25, 0.3) is 0 Å². The Bertz CT molecular complexity index is 202. The Morgan fingerprint density at radius 1 is 1.53 bits per heavy atom. The highest BCUT2D eigenvalue weighted by molar-refractivity contribution is 14.1. The molecule has 1 aliphatic rings. The Labute approximate surface area is 112 Å². The average Bonchev–Trinajstić information content (AvgIpc) is 2.22. The van der Waals surface area contributed by atoms with Crippen molar-refractivity contribution >= 4 is 34.4 Å². The Hall–Kier alpha value is 0.780. The fourth-order valence-corrected chi connectivity index (χ4v) is 3.49. The Morgan fingerprint density at radius 3 is 2.60 bits per heavy atom. The number of halogens is 1. The number of alkyl halides is 1. The van der Waals surface area contributed by atoms with Gasteiger partial charge >= 0.3 is 0 Å². The number of likely N-dealkylation sites (tertiary alicyclic amines) is 1. The molecular formula is C12H22INS. The molecule has 0 aromatic heterocycles.